The SMILES string of the molecule is COc1cccc(CN2CCN(c3cccc4c3C(=O)N(CCn3cccn3)C4=O)CC2)c1. The number of aromatic nitrogens is 2. The van der Waals surface area contributed by atoms with Crippen LogP contribution in [0.25, 0.3) is 0 Å². The Kier molecular flexibility index (Phi) is 5.83. The van der Waals surface area contributed by atoms with Gasteiger partial charge in [0.05, 0.1) is 30.5 Å². The number of amides is 2. The zero-order valence-electron chi connectivity index (χ0n) is 18.7. The number of benzene rings is 2. The van der Waals surface area contributed by atoms with E-state index in [4.69, 9.17) is 4.74 Å². The van der Waals surface area contributed by atoms with E-state index in [-0.39, 0.29) is 11.8 Å². The Morgan fingerprint density at radius 3 is 2.52 bits per heavy atom. The number of ether oxygens (including phenoxy) is 1. The lowest BCUT2D eigenvalue weighted by Crippen LogP contribution is -2.46. The van der Waals surface area contributed by atoms with Gasteiger partial charge in [0.2, 0.25) is 0 Å². The van der Waals surface area contributed by atoms with Gasteiger partial charge in [-0.2, -0.15) is 5.10 Å². The Bertz CT molecular complexity index is 1150. The summed E-state index contributed by atoms with van der Waals surface area (Å²) in [5, 5.41) is 4.16. The molecule has 3 aromatic rings. The number of nitrogens with zero attached hydrogens (tertiary/aromatic N) is 5. The van der Waals surface area contributed by atoms with E-state index >= 15 is 0 Å². The molecule has 5 rings (SSSR count). The van der Waals surface area contributed by atoms with Gasteiger partial charge in [0.25, 0.3) is 11.8 Å². The molecule has 0 aliphatic carbocycles. The van der Waals surface area contributed by atoms with Crippen molar-refractivity contribution >= 4 is 17.5 Å². The van der Waals surface area contributed by atoms with Crippen LogP contribution in [0.2, 0.25) is 0 Å². The van der Waals surface area contributed by atoms with Crippen molar-refractivity contribution < 1.29 is 14.3 Å². The monoisotopic (exact) mass is 445 g/mol. The quantitative estimate of drug-likeness (QED) is 0.521. The van der Waals surface area contributed by atoms with Gasteiger partial charge in [-0.1, -0.05) is 18.2 Å². The van der Waals surface area contributed by atoms with Crippen LogP contribution in [-0.4, -0.2) is 71.2 Å². The molecular formula is C25H27N5O3. The van der Waals surface area contributed by atoms with Crippen LogP contribution in [0.5, 0.6) is 5.75 Å². The second-order valence-corrected chi connectivity index (χ2v) is 8.35. The summed E-state index contributed by atoms with van der Waals surface area (Å²) in [4.78, 5) is 32.1. The topological polar surface area (TPSA) is 70.9 Å². The molecule has 1 fully saturated rings. The maximum Gasteiger partial charge on any atom is 0.263 e. The minimum atomic E-state index is -0.222. The van der Waals surface area contributed by atoms with Crippen LogP contribution in [0.15, 0.2) is 60.9 Å². The largest absolute Gasteiger partial charge is 0.497 e. The third-order valence-electron chi connectivity index (χ3n) is 6.34. The van der Waals surface area contributed by atoms with Crippen LogP contribution in [0, 0.1) is 0 Å². The van der Waals surface area contributed by atoms with Gasteiger partial charge in [-0.3, -0.25) is 24.1 Å². The lowest BCUT2D eigenvalue weighted by atomic mass is 10.1. The lowest BCUT2D eigenvalue weighted by Gasteiger charge is -2.36. The van der Waals surface area contributed by atoms with Crippen molar-refractivity contribution in [2.24, 2.45) is 0 Å². The average molecular weight is 446 g/mol. The minimum Gasteiger partial charge on any atom is -0.497 e. The van der Waals surface area contributed by atoms with Crippen molar-refractivity contribution in [1.29, 1.82) is 0 Å². The average Bonchev–Trinajstić information content (AvgIpc) is 3.45. The number of carbonyl (C=O) groups excluding carboxylic acids is 2. The van der Waals surface area contributed by atoms with E-state index in [0.717, 1.165) is 44.2 Å². The van der Waals surface area contributed by atoms with Crippen LogP contribution >= 0.6 is 0 Å². The molecule has 33 heavy (non-hydrogen) atoms. The van der Waals surface area contributed by atoms with Gasteiger partial charge in [-0.05, 0) is 35.9 Å². The Labute approximate surface area is 193 Å². The minimum absolute atomic E-state index is 0.212. The van der Waals surface area contributed by atoms with Crippen molar-refractivity contribution in [3.8, 4) is 5.75 Å². The summed E-state index contributed by atoms with van der Waals surface area (Å²) in [6.07, 6.45) is 3.52. The first-order chi connectivity index (χ1) is 16.1. The maximum absolute atomic E-state index is 13.2. The summed E-state index contributed by atoms with van der Waals surface area (Å²) in [6.45, 7) is 5.01. The van der Waals surface area contributed by atoms with Crippen molar-refractivity contribution in [3.63, 3.8) is 0 Å². The van der Waals surface area contributed by atoms with E-state index in [9.17, 15) is 9.59 Å². The van der Waals surface area contributed by atoms with Gasteiger partial charge >= 0.3 is 0 Å². The molecule has 170 valence electrons. The molecule has 0 bridgehead atoms. The highest BCUT2D eigenvalue weighted by Gasteiger charge is 2.38. The Morgan fingerprint density at radius 2 is 1.76 bits per heavy atom. The van der Waals surface area contributed by atoms with Gasteiger partial charge in [0, 0.05) is 51.7 Å². The molecule has 2 amide bonds. The maximum atomic E-state index is 13.2. The molecule has 0 saturated carbocycles. The third kappa shape index (κ3) is 4.21. The molecule has 2 aliphatic rings. The summed E-state index contributed by atoms with van der Waals surface area (Å²) in [5.41, 5.74) is 3.10. The van der Waals surface area contributed by atoms with Crippen LogP contribution in [0.1, 0.15) is 26.3 Å². The number of hydrogen-bond acceptors (Lipinski definition) is 6. The number of hydrogen-bond donors (Lipinski definition) is 0. The molecule has 1 aromatic heterocycles. The molecule has 0 unspecified atom stereocenters. The van der Waals surface area contributed by atoms with E-state index in [1.54, 1.807) is 24.1 Å². The predicted molar refractivity (Wildman–Crippen MR) is 125 cm³/mol. The normalized spacial score (nSPS) is 16.4. The third-order valence-corrected chi connectivity index (χ3v) is 6.34. The van der Waals surface area contributed by atoms with Gasteiger partial charge in [-0.25, -0.2) is 0 Å². The number of anilines is 1. The van der Waals surface area contributed by atoms with Gasteiger partial charge in [0.15, 0.2) is 0 Å². The number of imide groups is 1. The van der Waals surface area contributed by atoms with Crippen LogP contribution < -0.4 is 9.64 Å². The van der Waals surface area contributed by atoms with Crippen LogP contribution in [-0.2, 0) is 13.1 Å². The Balaban J connectivity index is 1.26. The van der Waals surface area contributed by atoms with Crippen LogP contribution in [0.3, 0.4) is 0 Å². The molecule has 8 nitrogen and oxygen atoms in total. The molecular weight excluding hydrogens is 418 g/mol. The second-order valence-electron chi connectivity index (χ2n) is 8.35. The number of fused-ring (bicyclic) bond motifs is 1. The van der Waals surface area contributed by atoms with Gasteiger partial charge in [-0.15, -0.1) is 0 Å². The van der Waals surface area contributed by atoms with Gasteiger partial charge in [0.1, 0.15) is 5.75 Å². The highest BCUT2D eigenvalue weighted by molar-refractivity contribution is 6.23. The molecule has 0 spiro atoms. The van der Waals surface area contributed by atoms with Crippen LogP contribution in [0.4, 0.5) is 5.69 Å². The zero-order valence-corrected chi connectivity index (χ0v) is 18.7. The fourth-order valence-electron chi connectivity index (χ4n) is 4.59. The first-order valence-electron chi connectivity index (χ1n) is 11.2. The van der Waals surface area contributed by atoms with Crippen molar-refractivity contribution in [1.82, 2.24) is 19.6 Å². The van der Waals surface area contributed by atoms with E-state index in [1.807, 2.05) is 36.5 Å². The van der Waals surface area contributed by atoms with Crippen molar-refractivity contribution in [3.05, 3.63) is 77.6 Å². The molecule has 3 heterocycles. The van der Waals surface area contributed by atoms with E-state index in [0.29, 0.717) is 24.2 Å². The molecule has 2 aliphatic heterocycles. The molecule has 8 heteroatoms. The fraction of sp³-hybridized carbons (Fsp3) is 0.320. The van der Waals surface area contributed by atoms with Crippen molar-refractivity contribution in [2.45, 2.75) is 13.1 Å². The van der Waals surface area contributed by atoms with E-state index in [2.05, 4.69) is 27.0 Å². The molecule has 2 aromatic carbocycles. The zero-order chi connectivity index (χ0) is 22.8. The summed E-state index contributed by atoms with van der Waals surface area (Å²) >= 11 is 0. The molecule has 0 N–H and O–H groups in total. The predicted octanol–water partition coefficient (Wildman–Crippen LogP) is 2.51. The number of methoxy groups -OCH3 is 1. The first-order valence-corrected chi connectivity index (χ1v) is 11.2. The number of piperazine rings is 1. The van der Waals surface area contributed by atoms with E-state index < -0.39 is 0 Å². The smallest absolute Gasteiger partial charge is 0.263 e. The Hall–Kier alpha value is -3.65. The molecule has 1 saturated heterocycles. The number of rotatable bonds is 7. The molecule has 0 radical (unpaired) electrons. The number of carbonyl (C=O) groups is 2. The second kappa shape index (κ2) is 9.07. The summed E-state index contributed by atoms with van der Waals surface area (Å²) < 4.78 is 7.06. The standard InChI is InChI=1S/C25H27N5O3/c1-33-20-6-2-5-19(17-20)18-27-11-13-28(14-12-27)22-8-3-7-21-23(22)25(32)30(24(21)31)16-15-29-10-4-9-26-29/h2-10,17H,11-16,18H2,1H3. The summed E-state index contributed by atoms with van der Waals surface area (Å²) in [6, 6.07) is 15.6. The van der Waals surface area contributed by atoms with Crippen molar-refractivity contribution in [2.75, 3.05) is 44.7 Å². The first kappa shape index (κ1) is 21.2. The lowest BCUT2D eigenvalue weighted by molar-refractivity contribution is 0.0647. The van der Waals surface area contributed by atoms with Gasteiger partial charge < -0.3 is 9.64 Å². The van der Waals surface area contributed by atoms with E-state index in [1.165, 1.54) is 10.5 Å². The Morgan fingerprint density at radius 1 is 0.939 bits per heavy atom. The molecule has 0 atom stereocenters. The summed E-state index contributed by atoms with van der Waals surface area (Å²) in [5.74, 6) is 0.434. The highest BCUT2D eigenvalue weighted by atomic mass is 16.5. The highest BCUT2D eigenvalue weighted by Crippen LogP contribution is 2.32. The summed E-state index contributed by atoms with van der Waals surface area (Å²) in [7, 11) is 1.68. The fourth-order valence-corrected chi connectivity index (χ4v) is 4.59.